The van der Waals surface area contributed by atoms with E-state index in [0.717, 1.165) is 17.8 Å². The first-order valence-corrected chi connectivity index (χ1v) is 11.2. The summed E-state index contributed by atoms with van der Waals surface area (Å²) in [6, 6.07) is 0. The molecule has 0 saturated heterocycles. The Morgan fingerprint density at radius 2 is 1.59 bits per heavy atom. The zero-order valence-corrected chi connectivity index (χ0v) is 15.2. The van der Waals surface area contributed by atoms with Gasteiger partial charge in [0.1, 0.15) is 0 Å². The van der Waals surface area contributed by atoms with E-state index in [1.165, 1.54) is 6.42 Å². The van der Waals surface area contributed by atoms with Crippen molar-refractivity contribution in [2.24, 2.45) is 5.92 Å². The van der Waals surface area contributed by atoms with E-state index in [4.69, 9.17) is 7.53 Å². The maximum atomic E-state index is 6.36. The zero-order chi connectivity index (χ0) is 13.7. The van der Waals surface area contributed by atoms with Crippen LogP contribution in [0.1, 0.15) is 61.8 Å². The fourth-order valence-electron chi connectivity index (χ4n) is 2.03. The molecule has 0 amide bonds. The molecule has 0 saturated carbocycles. The van der Waals surface area contributed by atoms with Crippen LogP contribution in [0, 0.1) is 5.92 Å². The molecule has 0 aliphatic carbocycles. The van der Waals surface area contributed by atoms with Gasteiger partial charge in [-0.05, 0) is 0 Å². The van der Waals surface area contributed by atoms with Gasteiger partial charge in [-0.15, -0.1) is 0 Å². The van der Waals surface area contributed by atoms with E-state index in [0.29, 0.717) is 0 Å². The van der Waals surface area contributed by atoms with Crippen LogP contribution in [0.5, 0.6) is 0 Å². The van der Waals surface area contributed by atoms with Crippen molar-refractivity contribution < 1.29 is 7.53 Å². The van der Waals surface area contributed by atoms with Crippen molar-refractivity contribution in [1.29, 1.82) is 0 Å². The fourth-order valence-corrected chi connectivity index (χ4v) is 10.5. The quantitative estimate of drug-likeness (QED) is 0.633. The van der Waals surface area contributed by atoms with E-state index in [9.17, 15) is 0 Å². The van der Waals surface area contributed by atoms with Gasteiger partial charge in [-0.1, -0.05) is 0 Å². The van der Waals surface area contributed by atoms with E-state index in [2.05, 4.69) is 55.4 Å². The molecule has 2 nitrogen and oxygen atoms in total. The summed E-state index contributed by atoms with van der Waals surface area (Å²) in [5, 5.41) is 1.15. The predicted molar refractivity (Wildman–Crippen MR) is 77.6 cm³/mol. The van der Waals surface area contributed by atoms with Crippen molar-refractivity contribution in [2.75, 3.05) is 6.61 Å². The average molecular weight is 305 g/mol. The summed E-state index contributed by atoms with van der Waals surface area (Å²) in [6.45, 7) is 18.5. The molecule has 0 rings (SSSR count). The third kappa shape index (κ3) is 5.75. The molecule has 1 atom stereocenters. The molecule has 104 valence electrons. The third-order valence-corrected chi connectivity index (χ3v) is 13.2. The van der Waals surface area contributed by atoms with Gasteiger partial charge in [0.05, 0.1) is 0 Å². The van der Waals surface area contributed by atoms with Crippen LogP contribution in [-0.2, 0) is 7.53 Å². The minimum atomic E-state index is -2.71. The Morgan fingerprint density at radius 3 is 1.88 bits per heavy atom. The first-order valence-electron chi connectivity index (χ1n) is 6.96. The molecule has 0 aliphatic heterocycles. The first kappa shape index (κ1) is 17.5. The second kappa shape index (κ2) is 7.15. The number of hydrogen-bond donors (Lipinski definition) is 0. The summed E-state index contributed by atoms with van der Waals surface area (Å²) < 4.78 is 12.8. The molecule has 0 heterocycles. The van der Waals surface area contributed by atoms with Gasteiger partial charge >= 0.3 is 111 Å². The molecule has 0 aromatic rings. The molecule has 17 heavy (non-hydrogen) atoms. The zero-order valence-electron chi connectivity index (χ0n) is 13.1. The first-order chi connectivity index (χ1) is 7.64. The Bertz CT molecular complexity index is 209. The summed E-state index contributed by atoms with van der Waals surface area (Å²) in [4.78, 5) is 0. The standard InChI is InChI=1S/C14H32GeO2/c1-9-16-15(14(6,7)8,17-13(4)5)11-10-12(2)3/h12-13H,9-11H2,1-8H3. The second-order valence-corrected chi connectivity index (χ2v) is 15.0. The minimum absolute atomic E-state index is 0.176. The van der Waals surface area contributed by atoms with Gasteiger partial charge in [0, 0.05) is 0 Å². The van der Waals surface area contributed by atoms with Crippen LogP contribution in [0.15, 0.2) is 0 Å². The van der Waals surface area contributed by atoms with Crippen molar-refractivity contribution >= 4 is 13.9 Å². The van der Waals surface area contributed by atoms with Gasteiger partial charge in [0.25, 0.3) is 0 Å². The molecule has 0 bridgehead atoms. The van der Waals surface area contributed by atoms with Crippen molar-refractivity contribution in [2.45, 2.75) is 77.4 Å². The third-order valence-electron chi connectivity index (χ3n) is 3.00. The van der Waals surface area contributed by atoms with Crippen molar-refractivity contribution in [3.8, 4) is 0 Å². The van der Waals surface area contributed by atoms with Gasteiger partial charge in [-0.3, -0.25) is 0 Å². The van der Waals surface area contributed by atoms with Crippen molar-refractivity contribution in [3.05, 3.63) is 0 Å². The Hall–Kier alpha value is 0.463. The Morgan fingerprint density at radius 1 is 1.06 bits per heavy atom. The van der Waals surface area contributed by atoms with Crippen LogP contribution in [0.4, 0.5) is 0 Å². The van der Waals surface area contributed by atoms with Gasteiger partial charge in [0.15, 0.2) is 0 Å². The molecule has 0 fully saturated rings. The monoisotopic (exact) mass is 306 g/mol. The Labute approximate surface area is 112 Å². The van der Waals surface area contributed by atoms with E-state index >= 15 is 0 Å². The number of hydrogen-bond acceptors (Lipinski definition) is 2. The number of rotatable bonds is 7. The average Bonchev–Trinajstić information content (AvgIpc) is 2.11. The normalized spacial score (nSPS) is 16.6. The molecule has 1 unspecified atom stereocenters. The van der Waals surface area contributed by atoms with E-state index < -0.39 is 13.9 Å². The molecule has 0 aliphatic rings. The van der Waals surface area contributed by atoms with Crippen LogP contribution >= 0.6 is 0 Å². The molecule has 3 heteroatoms. The van der Waals surface area contributed by atoms with Crippen LogP contribution in [0.2, 0.25) is 9.50 Å². The van der Waals surface area contributed by atoms with E-state index in [1.54, 1.807) is 0 Å². The van der Waals surface area contributed by atoms with Gasteiger partial charge < -0.3 is 0 Å². The summed E-state index contributed by atoms with van der Waals surface area (Å²) in [5.74, 6) is 0.721. The van der Waals surface area contributed by atoms with E-state index in [1.807, 2.05) is 0 Å². The molecule has 0 N–H and O–H groups in total. The Balaban J connectivity index is 4.95. The second-order valence-electron chi connectivity index (χ2n) is 6.54. The summed E-state index contributed by atoms with van der Waals surface area (Å²) in [6.07, 6.45) is 1.48. The molecule has 0 aromatic heterocycles. The molecular formula is C14H32GeO2. The topological polar surface area (TPSA) is 18.5 Å². The van der Waals surface area contributed by atoms with Gasteiger partial charge in [0.2, 0.25) is 0 Å². The molecule has 0 radical (unpaired) electrons. The van der Waals surface area contributed by atoms with Crippen LogP contribution < -0.4 is 0 Å². The van der Waals surface area contributed by atoms with E-state index in [-0.39, 0.29) is 10.4 Å². The van der Waals surface area contributed by atoms with Gasteiger partial charge in [-0.2, -0.15) is 0 Å². The molecule has 0 aromatic carbocycles. The van der Waals surface area contributed by atoms with Crippen molar-refractivity contribution in [3.63, 3.8) is 0 Å². The maximum absolute atomic E-state index is 6.36. The van der Waals surface area contributed by atoms with Crippen LogP contribution in [0.25, 0.3) is 0 Å². The van der Waals surface area contributed by atoms with Gasteiger partial charge in [-0.25, -0.2) is 0 Å². The Kier molecular flexibility index (Phi) is 7.34. The summed E-state index contributed by atoms with van der Waals surface area (Å²) in [7, 11) is 0. The van der Waals surface area contributed by atoms with Crippen LogP contribution in [-0.4, -0.2) is 26.7 Å². The predicted octanol–water partition coefficient (Wildman–Crippen LogP) is 4.74. The summed E-state index contributed by atoms with van der Waals surface area (Å²) >= 11 is -2.71. The SMILES string of the molecule is CC[O][Ge]([CH2]CC(C)C)([O]C(C)C)[C](C)(C)C. The van der Waals surface area contributed by atoms with Crippen LogP contribution in [0.3, 0.4) is 0 Å². The molecular weight excluding hydrogens is 273 g/mol. The molecule has 0 spiro atoms. The fraction of sp³-hybridized carbons (Fsp3) is 1.00. The summed E-state index contributed by atoms with van der Waals surface area (Å²) in [5.41, 5.74) is 0. The van der Waals surface area contributed by atoms with Crippen molar-refractivity contribution in [1.82, 2.24) is 0 Å².